The molecule has 1 fully saturated rings. The summed E-state index contributed by atoms with van der Waals surface area (Å²) in [5, 5.41) is 3.08. The van der Waals surface area contributed by atoms with Gasteiger partial charge in [-0.15, -0.1) is 0 Å². The van der Waals surface area contributed by atoms with Gasteiger partial charge in [0, 0.05) is 11.8 Å². The Labute approximate surface area is 120 Å². The largest absolute Gasteiger partial charge is 0.392 e. The quantitative estimate of drug-likeness (QED) is 0.737. The topological polar surface area (TPSA) is 55.1 Å². The maximum Gasteiger partial charge on any atom is 0.233 e. The summed E-state index contributed by atoms with van der Waals surface area (Å²) in [6.45, 7) is 4.16. The van der Waals surface area contributed by atoms with Crippen molar-refractivity contribution in [2.45, 2.75) is 52.0 Å². The van der Waals surface area contributed by atoms with Gasteiger partial charge in [-0.2, -0.15) is 11.8 Å². The lowest BCUT2D eigenvalue weighted by Gasteiger charge is -2.35. The third kappa shape index (κ3) is 3.85. The molecule has 0 heterocycles. The van der Waals surface area contributed by atoms with E-state index in [9.17, 15) is 4.79 Å². The van der Waals surface area contributed by atoms with E-state index in [4.69, 9.17) is 18.0 Å². The van der Waals surface area contributed by atoms with Crippen molar-refractivity contribution in [3.8, 4) is 0 Å². The number of thiocarbonyl (C=S) groups is 1. The Balaban J connectivity index is 2.63. The Morgan fingerprint density at radius 1 is 1.44 bits per heavy atom. The van der Waals surface area contributed by atoms with E-state index in [2.05, 4.69) is 12.2 Å². The van der Waals surface area contributed by atoms with Crippen LogP contribution in [0, 0.1) is 5.41 Å². The Kier molecular flexibility index (Phi) is 6.43. The normalized spacial score (nSPS) is 20.1. The molecule has 5 heteroatoms. The fourth-order valence-electron chi connectivity index (χ4n) is 2.44. The molecule has 0 aromatic rings. The number of carbonyl (C=O) groups excluding carboxylic acids is 1. The zero-order valence-corrected chi connectivity index (χ0v) is 13.0. The molecular formula is C13H24N2OS2. The third-order valence-corrected chi connectivity index (χ3v) is 5.10. The Morgan fingerprint density at radius 2 is 2.06 bits per heavy atom. The van der Waals surface area contributed by atoms with Gasteiger partial charge >= 0.3 is 0 Å². The smallest absolute Gasteiger partial charge is 0.233 e. The summed E-state index contributed by atoms with van der Waals surface area (Å²) in [6, 6.07) is 0.176. The van der Waals surface area contributed by atoms with Crippen LogP contribution in [0.4, 0.5) is 0 Å². The number of thioether (sulfide) groups is 1. The molecule has 18 heavy (non-hydrogen) atoms. The second-order valence-electron chi connectivity index (χ2n) is 5.04. The van der Waals surface area contributed by atoms with Crippen LogP contribution in [0.1, 0.15) is 46.0 Å². The highest BCUT2D eigenvalue weighted by Gasteiger charge is 2.42. The molecule has 1 amide bonds. The van der Waals surface area contributed by atoms with Gasteiger partial charge in [-0.1, -0.05) is 38.4 Å². The minimum atomic E-state index is -0.585. The van der Waals surface area contributed by atoms with Crippen LogP contribution in [0.2, 0.25) is 0 Å². The molecular weight excluding hydrogens is 264 g/mol. The molecule has 3 nitrogen and oxygen atoms in total. The first-order valence-corrected chi connectivity index (χ1v) is 8.28. The molecule has 1 rings (SSSR count). The molecule has 3 N–H and O–H groups in total. The number of nitrogens with two attached hydrogens (primary N) is 1. The van der Waals surface area contributed by atoms with Crippen LogP contribution in [-0.4, -0.2) is 28.4 Å². The average Bonchev–Trinajstić information content (AvgIpc) is 2.36. The predicted octanol–water partition coefficient (Wildman–Crippen LogP) is 2.48. The van der Waals surface area contributed by atoms with Crippen molar-refractivity contribution >= 4 is 34.9 Å². The van der Waals surface area contributed by atoms with Gasteiger partial charge in [0.15, 0.2) is 0 Å². The maximum absolute atomic E-state index is 12.4. The molecule has 0 saturated heterocycles. The first-order valence-electron chi connectivity index (χ1n) is 6.71. The summed E-state index contributed by atoms with van der Waals surface area (Å²) in [6.07, 6.45) is 4.88. The molecule has 0 aromatic heterocycles. The van der Waals surface area contributed by atoms with Gasteiger partial charge in [0.2, 0.25) is 5.91 Å². The summed E-state index contributed by atoms with van der Waals surface area (Å²) in [4.78, 5) is 12.8. The van der Waals surface area contributed by atoms with Crippen molar-refractivity contribution in [3.63, 3.8) is 0 Å². The first-order chi connectivity index (χ1) is 8.53. The third-order valence-electron chi connectivity index (χ3n) is 3.56. The van der Waals surface area contributed by atoms with Crippen LogP contribution < -0.4 is 11.1 Å². The minimum absolute atomic E-state index is 0.0407. The molecule has 104 valence electrons. The summed E-state index contributed by atoms with van der Waals surface area (Å²) >= 11 is 6.99. The van der Waals surface area contributed by atoms with Crippen molar-refractivity contribution in [1.82, 2.24) is 5.32 Å². The lowest BCUT2D eigenvalue weighted by Crippen LogP contribution is -2.52. The van der Waals surface area contributed by atoms with Gasteiger partial charge in [0.1, 0.15) is 0 Å². The van der Waals surface area contributed by atoms with Gasteiger partial charge in [-0.3, -0.25) is 4.79 Å². The number of carbonyl (C=O) groups is 1. The zero-order valence-electron chi connectivity index (χ0n) is 11.3. The summed E-state index contributed by atoms with van der Waals surface area (Å²) in [7, 11) is 0. The van der Waals surface area contributed by atoms with Gasteiger partial charge in [-0.25, -0.2) is 0 Å². The SMILES string of the molecule is CCSCC(C)NC(=O)C1(C(N)=S)CCCCC1. The molecule has 0 spiro atoms. The lowest BCUT2D eigenvalue weighted by molar-refractivity contribution is -0.129. The second kappa shape index (κ2) is 7.34. The molecule has 1 saturated carbocycles. The number of hydrogen-bond donors (Lipinski definition) is 2. The van der Waals surface area contributed by atoms with E-state index in [0.717, 1.165) is 37.2 Å². The average molecular weight is 288 g/mol. The van der Waals surface area contributed by atoms with E-state index >= 15 is 0 Å². The van der Waals surface area contributed by atoms with Crippen molar-refractivity contribution < 1.29 is 4.79 Å². The van der Waals surface area contributed by atoms with Crippen LogP contribution in [-0.2, 0) is 4.79 Å². The molecule has 1 unspecified atom stereocenters. The monoisotopic (exact) mass is 288 g/mol. The predicted molar refractivity (Wildman–Crippen MR) is 82.9 cm³/mol. The summed E-state index contributed by atoms with van der Waals surface area (Å²) < 4.78 is 0. The molecule has 1 aliphatic carbocycles. The van der Waals surface area contributed by atoms with Crippen molar-refractivity contribution in [1.29, 1.82) is 0 Å². The minimum Gasteiger partial charge on any atom is -0.392 e. The van der Waals surface area contributed by atoms with Crippen LogP contribution in [0.15, 0.2) is 0 Å². The van der Waals surface area contributed by atoms with Crippen LogP contribution in [0.5, 0.6) is 0 Å². The molecule has 1 aliphatic rings. The van der Waals surface area contributed by atoms with Gasteiger partial charge in [0.25, 0.3) is 0 Å². The number of nitrogens with one attached hydrogen (secondary N) is 1. The number of amides is 1. The number of rotatable bonds is 6. The Bertz CT molecular complexity index is 301. The zero-order chi connectivity index (χ0) is 13.6. The molecule has 1 atom stereocenters. The maximum atomic E-state index is 12.4. The van der Waals surface area contributed by atoms with Crippen molar-refractivity contribution in [2.24, 2.45) is 11.1 Å². The van der Waals surface area contributed by atoms with E-state index in [1.807, 2.05) is 18.7 Å². The van der Waals surface area contributed by atoms with Gasteiger partial charge in [-0.05, 0) is 25.5 Å². The van der Waals surface area contributed by atoms with Crippen molar-refractivity contribution in [3.05, 3.63) is 0 Å². The van der Waals surface area contributed by atoms with E-state index in [1.54, 1.807) is 0 Å². The highest BCUT2D eigenvalue weighted by atomic mass is 32.2. The van der Waals surface area contributed by atoms with E-state index in [1.165, 1.54) is 6.42 Å². The van der Waals surface area contributed by atoms with Crippen LogP contribution >= 0.6 is 24.0 Å². The molecule has 0 bridgehead atoms. The molecule has 0 radical (unpaired) electrons. The Hall–Kier alpha value is -0.290. The molecule has 0 aliphatic heterocycles. The summed E-state index contributed by atoms with van der Waals surface area (Å²) in [5.74, 6) is 2.05. The number of hydrogen-bond acceptors (Lipinski definition) is 3. The van der Waals surface area contributed by atoms with E-state index in [0.29, 0.717) is 4.99 Å². The first kappa shape index (κ1) is 15.8. The van der Waals surface area contributed by atoms with Gasteiger partial charge < -0.3 is 11.1 Å². The fraction of sp³-hybridized carbons (Fsp3) is 0.846. The van der Waals surface area contributed by atoms with Crippen molar-refractivity contribution in [2.75, 3.05) is 11.5 Å². The highest BCUT2D eigenvalue weighted by Crippen LogP contribution is 2.37. The summed E-state index contributed by atoms with van der Waals surface area (Å²) in [5.41, 5.74) is 5.26. The highest BCUT2D eigenvalue weighted by molar-refractivity contribution is 7.99. The van der Waals surface area contributed by atoms with E-state index < -0.39 is 5.41 Å². The molecule has 0 aromatic carbocycles. The van der Waals surface area contributed by atoms with Crippen LogP contribution in [0.3, 0.4) is 0 Å². The Morgan fingerprint density at radius 3 is 2.56 bits per heavy atom. The fourth-order valence-corrected chi connectivity index (χ4v) is 3.41. The van der Waals surface area contributed by atoms with Gasteiger partial charge in [0.05, 0.1) is 10.4 Å². The second-order valence-corrected chi connectivity index (χ2v) is 6.80. The standard InChI is InChI=1S/C13H24N2OS2/c1-3-18-9-10(2)15-12(16)13(11(14)17)7-5-4-6-8-13/h10H,3-9H2,1-2H3,(H2,14,17)(H,15,16). The van der Waals surface area contributed by atoms with Crippen LogP contribution in [0.25, 0.3) is 0 Å². The lowest BCUT2D eigenvalue weighted by atomic mass is 9.73. The van der Waals surface area contributed by atoms with E-state index in [-0.39, 0.29) is 11.9 Å².